The summed E-state index contributed by atoms with van der Waals surface area (Å²) in [7, 11) is 0. The molecule has 0 saturated carbocycles. The van der Waals surface area contributed by atoms with Gasteiger partial charge in [0.05, 0.1) is 25.4 Å². The van der Waals surface area contributed by atoms with Crippen molar-refractivity contribution in [1.82, 2.24) is 0 Å². The number of rotatable bonds is 11. The molecule has 1 rings (SSSR count). The van der Waals surface area contributed by atoms with E-state index in [9.17, 15) is 9.59 Å². The minimum Gasteiger partial charge on any atom is -0.494 e. The smallest absolute Gasteiger partial charge is 0.338 e. The zero-order valence-electron chi connectivity index (χ0n) is 14.0. The second kappa shape index (κ2) is 11.5. The molecule has 0 saturated heterocycles. The first-order chi connectivity index (χ1) is 11.1. The number of hydrogen-bond donors (Lipinski definition) is 0. The summed E-state index contributed by atoms with van der Waals surface area (Å²) in [6.45, 7) is 4.70. The zero-order valence-corrected chi connectivity index (χ0v) is 14.0. The fraction of sp³-hybridized carbons (Fsp3) is 0.556. The lowest BCUT2D eigenvalue weighted by atomic mass is 10.2. The lowest BCUT2D eigenvalue weighted by Crippen LogP contribution is -2.09. The third-order valence-electron chi connectivity index (χ3n) is 3.18. The van der Waals surface area contributed by atoms with E-state index in [1.807, 2.05) is 0 Å². The Hall–Kier alpha value is -2.04. The maximum atomic E-state index is 11.8. The van der Waals surface area contributed by atoms with Gasteiger partial charge in [-0.1, -0.05) is 26.2 Å². The van der Waals surface area contributed by atoms with Crippen LogP contribution in [0, 0.1) is 0 Å². The quantitative estimate of drug-likeness (QED) is 0.458. The van der Waals surface area contributed by atoms with Crippen LogP contribution in [-0.2, 0) is 14.3 Å². The Morgan fingerprint density at radius 3 is 2.22 bits per heavy atom. The van der Waals surface area contributed by atoms with Crippen LogP contribution >= 0.6 is 0 Å². The van der Waals surface area contributed by atoms with Crippen molar-refractivity contribution in [3.8, 4) is 5.75 Å². The average Bonchev–Trinajstić information content (AvgIpc) is 2.54. The van der Waals surface area contributed by atoms with Gasteiger partial charge < -0.3 is 14.2 Å². The maximum Gasteiger partial charge on any atom is 0.338 e. The van der Waals surface area contributed by atoms with E-state index in [1.54, 1.807) is 24.3 Å². The summed E-state index contributed by atoms with van der Waals surface area (Å²) in [5, 5.41) is 0. The summed E-state index contributed by atoms with van der Waals surface area (Å²) in [5.41, 5.74) is 0.482. The van der Waals surface area contributed by atoms with Gasteiger partial charge >= 0.3 is 11.9 Å². The van der Waals surface area contributed by atoms with Crippen molar-refractivity contribution in [1.29, 1.82) is 0 Å². The Morgan fingerprint density at radius 1 is 0.870 bits per heavy atom. The van der Waals surface area contributed by atoms with E-state index in [1.165, 1.54) is 26.2 Å². The van der Waals surface area contributed by atoms with E-state index in [0.717, 1.165) is 12.2 Å². The highest BCUT2D eigenvalue weighted by molar-refractivity contribution is 5.89. The normalized spacial score (nSPS) is 10.2. The number of hydrogen-bond acceptors (Lipinski definition) is 5. The predicted molar refractivity (Wildman–Crippen MR) is 87.6 cm³/mol. The molecule has 0 N–H and O–H groups in total. The van der Waals surface area contributed by atoms with Crippen LogP contribution in [0.2, 0.25) is 0 Å². The van der Waals surface area contributed by atoms with Gasteiger partial charge in [0.1, 0.15) is 5.75 Å². The number of ether oxygens (including phenoxy) is 3. The molecule has 23 heavy (non-hydrogen) atoms. The molecule has 5 nitrogen and oxygen atoms in total. The first-order valence-electron chi connectivity index (χ1n) is 8.17. The second-order valence-corrected chi connectivity index (χ2v) is 5.26. The van der Waals surface area contributed by atoms with Gasteiger partial charge in [-0.2, -0.15) is 0 Å². The maximum absolute atomic E-state index is 11.8. The van der Waals surface area contributed by atoms with E-state index >= 15 is 0 Å². The topological polar surface area (TPSA) is 61.8 Å². The first kappa shape index (κ1) is 19.0. The largest absolute Gasteiger partial charge is 0.494 e. The SMILES string of the molecule is CCCCCCOc1ccc(C(=O)OCCCOC(C)=O)cc1. The molecule has 0 aliphatic heterocycles. The summed E-state index contributed by atoms with van der Waals surface area (Å²) in [4.78, 5) is 22.4. The van der Waals surface area contributed by atoms with Crippen molar-refractivity contribution in [3.05, 3.63) is 29.8 Å². The van der Waals surface area contributed by atoms with Gasteiger partial charge in [0.2, 0.25) is 0 Å². The molecule has 1 aromatic rings. The fourth-order valence-electron chi connectivity index (χ4n) is 1.93. The van der Waals surface area contributed by atoms with Crippen LogP contribution in [0.15, 0.2) is 24.3 Å². The zero-order chi connectivity index (χ0) is 16.9. The van der Waals surface area contributed by atoms with Gasteiger partial charge in [-0.15, -0.1) is 0 Å². The van der Waals surface area contributed by atoms with Crippen molar-refractivity contribution in [3.63, 3.8) is 0 Å². The van der Waals surface area contributed by atoms with E-state index in [0.29, 0.717) is 18.6 Å². The van der Waals surface area contributed by atoms with Crippen LogP contribution in [0.3, 0.4) is 0 Å². The van der Waals surface area contributed by atoms with Crippen LogP contribution < -0.4 is 4.74 Å². The van der Waals surface area contributed by atoms with E-state index in [2.05, 4.69) is 6.92 Å². The summed E-state index contributed by atoms with van der Waals surface area (Å²) in [6.07, 6.45) is 5.14. The monoisotopic (exact) mass is 322 g/mol. The Labute approximate surface area is 137 Å². The van der Waals surface area contributed by atoms with Crippen LogP contribution in [0.5, 0.6) is 5.75 Å². The van der Waals surface area contributed by atoms with Gasteiger partial charge in [0, 0.05) is 13.3 Å². The molecule has 1 aromatic carbocycles. The minimum atomic E-state index is -0.387. The van der Waals surface area contributed by atoms with Gasteiger partial charge in [-0.3, -0.25) is 4.79 Å². The molecule has 0 atom stereocenters. The predicted octanol–water partition coefficient (Wildman–Crippen LogP) is 3.76. The summed E-state index contributed by atoms with van der Waals surface area (Å²) >= 11 is 0. The van der Waals surface area contributed by atoms with Crippen LogP contribution in [0.4, 0.5) is 0 Å². The number of carbonyl (C=O) groups is 2. The molecular formula is C18H26O5. The van der Waals surface area contributed by atoms with Crippen LogP contribution in [-0.4, -0.2) is 31.8 Å². The van der Waals surface area contributed by atoms with Gasteiger partial charge in [0.25, 0.3) is 0 Å². The number of unbranched alkanes of at least 4 members (excludes halogenated alkanes) is 3. The molecule has 0 fully saturated rings. The minimum absolute atomic E-state index is 0.224. The van der Waals surface area contributed by atoms with Crippen molar-refractivity contribution in [2.24, 2.45) is 0 Å². The second-order valence-electron chi connectivity index (χ2n) is 5.26. The summed E-state index contributed by atoms with van der Waals surface area (Å²) in [6, 6.07) is 6.93. The standard InChI is InChI=1S/C18H26O5/c1-3-4-5-6-12-22-17-10-8-16(9-11-17)18(20)23-14-7-13-21-15(2)19/h8-11H,3-7,12-14H2,1-2H3. The highest BCUT2D eigenvalue weighted by Crippen LogP contribution is 2.14. The molecule has 128 valence electrons. The van der Waals surface area contributed by atoms with Crippen molar-refractivity contribution in [2.75, 3.05) is 19.8 Å². The molecule has 0 bridgehead atoms. The molecule has 0 unspecified atom stereocenters. The summed E-state index contributed by atoms with van der Waals surface area (Å²) < 4.78 is 15.5. The van der Waals surface area contributed by atoms with Crippen molar-refractivity contribution < 1.29 is 23.8 Å². The molecule has 0 spiro atoms. The van der Waals surface area contributed by atoms with Crippen molar-refractivity contribution in [2.45, 2.75) is 46.0 Å². The molecule has 0 aliphatic rings. The van der Waals surface area contributed by atoms with Crippen molar-refractivity contribution >= 4 is 11.9 Å². The molecule has 0 heterocycles. The average molecular weight is 322 g/mol. The van der Waals surface area contributed by atoms with Gasteiger partial charge in [-0.05, 0) is 30.7 Å². The Kier molecular flexibility index (Phi) is 9.52. The highest BCUT2D eigenvalue weighted by atomic mass is 16.5. The summed E-state index contributed by atoms with van der Waals surface area (Å²) in [5.74, 6) is 0.0387. The molecular weight excluding hydrogens is 296 g/mol. The molecule has 0 aliphatic carbocycles. The van der Waals surface area contributed by atoms with E-state index in [4.69, 9.17) is 14.2 Å². The number of esters is 2. The van der Waals surface area contributed by atoms with Gasteiger partial charge in [-0.25, -0.2) is 4.79 Å². The molecule has 0 aromatic heterocycles. The number of carbonyl (C=O) groups excluding carboxylic acids is 2. The lowest BCUT2D eigenvalue weighted by molar-refractivity contribution is -0.141. The Morgan fingerprint density at radius 2 is 1.57 bits per heavy atom. The number of benzene rings is 1. The van der Waals surface area contributed by atoms with Gasteiger partial charge in [0.15, 0.2) is 0 Å². The van der Waals surface area contributed by atoms with Crippen LogP contribution in [0.25, 0.3) is 0 Å². The fourth-order valence-corrected chi connectivity index (χ4v) is 1.93. The molecule has 0 radical (unpaired) electrons. The van der Waals surface area contributed by atoms with E-state index in [-0.39, 0.29) is 25.2 Å². The first-order valence-corrected chi connectivity index (χ1v) is 8.17. The molecule has 0 amide bonds. The third kappa shape index (κ3) is 8.86. The highest BCUT2D eigenvalue weighted by Gasteiger charge is 2.07. The Balaban J connectivity index is 2.23. The lowest BCUT2D eigenvalue weighted by Gasteiger charge is -2.08. The third-order valence-corrected chi connectivity index (χ3v) is 3.18. The Bertz CT molecular complexity index is 467. The van der Waals surface area contributed by atoms with Crippen LogP contribution in [0.1, 0.15) is 56.3 Å². The van der Waals surface area contributed by atoms with E-state index < -0.39 is 0 Å². The molecule has 5 heteroatoms.